The minimum Gasteiger partial charge on any atom is -0.469 e. The average molecular weight is 261 g/mol. The third-order valence-corrected chi connectivity index (χ3v) is 2.20. The molecule has 0 unspecified atom stereocenters. The predicted molar refractivity (Wildman–Crippen MR) is 56.0 cm³/mol. The summed E-state index contributed by atoms with van der Waals surface area (Å²) in [6.45, 7) is 0. The van der Waals surface area contributed by atoms with Gasteiger partial charge in [0.1, 0.15) is 11.9 Å². The SMILES string of the molecule is COC(=O)Cc1c(C(F)F)cnc([N+](=O)[O-])c1N. The minimum absolute atomic E-state index is 0.335. The van der Waals surface area contributed by atoms with Crippen molar-refractivity contribution in [3.63, 3.8) is 0 Å². The fourth-order valence-corrected chi connectivity index (χ4v) is 1.32. The molecule has 9 heteroatoms. The van der Waals surface area contributed by atoms with Crippen molar-refractivity contribution in [3.8, 4) is 0 Å². The van der Waals surface area contributed by atoms with Gasteiger partial charge in [-0.1, -0.05) is 0 Å². The van der Waals surface area contributed by atoms with E-state index >= 15 is 0 Å². The molecule has 18 heavy (non-hydrogen) atoms. The molecule has 0 aliphatic carbocycles. The van der Waals surface area contributed by atoms with Gasteiger partial charge in [-0.3, -0.25) is 4.79 Å². The van der Waals surface area contributed by atoms with E-state index in [1.807, 2.05) is 0 Å². The van der Waals surface area contributed by atoms with E-state index in [-0.39, 0.29) is 5.56 Å². The molecule has 0 amide bonds. The number of nitrogens with zero attached hydrogens (tertiary/aromatic N) is 2. The number of carbonyl (C=O) groups excluding carboxylic acids is 1. The number of hydrogen-bond donors (Lipinski definition) is 1. The Bertz CT molecular complexity index is 493. The molecule has 0 atom stereocenters. The van der Waals surface area contributed by atoms with Crippen molar-refractivity contribution in [1.29, 1.82) is 0 Å². The molecule has 0 aliphatic heterocycles. The van der Waals surface area contributed by atoms with Crippen molar-refractivity contribution < 1.29 is 23.2 Å². The van der Waals surface area contributed by atoms with Crippen LogP contribution in [-0.4, -0.2) is 23.0 Å². The standard InChI is InChI=1S/C9H9F2N3O4/c1-18-6(15)2-4-5(8(10)11)3-13-9(7(4)12)14(16)17/h3,8H,2,12H2,1H3. The molecule has 0 aliphatic rings. The summed E-state index contributed by atoms with van der Waals surface area (Å²) in [4.78, 5) is 24.0. The van der Waals surface area contributed by atoms with Crippen LogP contribution in [0.2, 0.25) is 0 Å². The number of esters is 1. The third-order valence-electron chi connectivity index (χ3n) is 2.20. The third kappa shape index (κ3) is 2.67. The van der Waals surface area contributed by atoms with Crippen LogP contribution in [0.3, 0.4) is 0 Å². The molecule has 7 nitrogen and oxygen atoms in total. The first-order valence-corrected chi connectivity index (χ1v) is 4.65. The molecule has 1 heterocycles. The summed E-state index contributed by atoms with van der Waals surface area (Å²) < 4.78 is 29.7. The predicted octanol–water partition coefficient (Wildman–Crippen LogP) is 1.23. The number of nitrogens with two attached hydrogens (primary N) is 1. The number of halogens is 2. The summed E-state index contributed by atoms with van der Waals surface area (Å²) in [7, 11) is 1.07. The summed E-state index contributed by atoms with van der Waals surface area (Å²) in [6, 6.07) is 0. The zero-order chi connectivity index (χ0) is 13.9. The Labute approximate surface area is 99.7 Å². The van der Waals surface area contributed by atoms with Crippen LogP contribution >= 0.6 is 0 Å². The topological polar surface area (TPSA) is 108 Å². The molecule has 2 N–H and O–H groups in total. The maximum absolute atomic E-state index is 12.7. The summed E-state index contributed by atoms with van der Waals surface area (Å²) in [6.07, 6.45) is -2.89. The second-order valence-corrected chi connectivity index (χ2v) is 3.24. The first-order valence-electron chi connectivity index (χ1n) is 4.65. The zero-order valence-electron chi connectivity index (χ0n) is 9.22. The maximum Gasteiger partial charge on any atom is 0.387 e. The Morgan fingerprint density at radius 1 is 1.67 bits per heavy atom. The van der Waals surface area contributed by atoms with Crippen molar-refractivity contribution >= 4 is 17.5 Å². The molecular formula is C9H9F2N3O4. The molecule has 0 fully saturated rings. The Balaban J connectivity index is 3.35. The van der Waals surface area contributed by atoms with Crippen molar-refractivity contribution in [2.45, 2.75) is 12.8 Å². The van der Waals surface area contributed by atoms with Crippen LogP contribution in [0.5, 0.6) is 0 Å². The lowest BCUT2D eigenvalue weighted by atomic mass is 10.1. The normalized spacial score (nSPS) is 10.4. The number of alkyl halides is 2. The molecular weight excluding hydrogens is 252 g/mol. The van der Waals surface area contributed by atoms with Crippen LogP contribution in [0.1, 0.15) is 17.6 Å². The van der Waals surface area contributed by atoms with Crippen molar-refractivity contribution in [2.75, 3.05) is 12.8 Å². The van der Waals surface area contributed by atoms with E-state index in [2.05, 4.69) is 9.72 Å². The van der Waals surface area contributed by atoms with Crippen LogP contribution < -0.4 is 5.73 Å². The van der Waals surface area contributed by atoms with Gasteiger partial charge >= 0.3 is 11.8 Å². The van der Waals surface area contributed by atoms with E-state index in [9.17, 15) is 23.7 Å². The van der Waals surface area contributed by atoms with Gasteiger partial charge in [0.25, 0.3) is 6.43 Å². The Morgan fingerprint density at radius 2 is 2.28 bits per heavy atom. The van der Waals surface area contributed by atoms with E-state index in [0.717, 1.165) is 7.11 Å². The number of hydrogen-bond acceptors (Lipinski definition) is 6. The number of carbonyl (C=O) groups is 1. The molecule has 1 aromatic heterocycles. The van der Waals surface area contributed by atoms with Crippen LogP contribution in [0, 0.1) is 10.1 Å². The highest BCUT2D eigenvalue weighted by Gasteiger charge is 2.26. The van der Waals surface area contributed by atoms with Gasteiger partial charge in [0.05, 0.1) is 19.1 Å². The highest BCUT2D eigenvalue weighted by molar-refractivity contribution is 5.77. The molecule has 0 spiro atoms. The highest BCUT2D eigenvalue weighted by atomic mass is 19.3. The maximum atomic E-state index is 12.7. The molecule has 98 valence electrons. The quantitative estimate of drug-likeness (QED) is 0.496. The highest BCUT2D eigenvalue weighted by Crippen LogP contribution is 2.31. The molecule has 1 rings (SSSR count). The minimum atomic E-state index is -2.94. The van der Waals surface area contributed by atoms with Crippen molar-refractivity contribution in [2.24, 2.45) is 0 Å². The van der Waals surface area contributed by atoms with Gasteiger partial charge in [-0.2, -0.15) is 0 Å². The number of nitro groups is 1. The number of anilines is 1. The summed E-state index contributed by atoms with van der Waals surface area (Å²) in [5.74, 6) is -1.59. The number of pyridine rings is 1. The van der Waals surface area contributed by atoms with Crippen LogP contribution in [0.25, 0.3) is 0 Å². The second-order valence-electron chi connectivity index (χ2n) is 3.24. The van der Waals surface area contributed by atoms with E-state index < -0.39 is 40.8 Å². The molecule has 0 saturated carbocycles. The average Bonchev–Trinajstić information content (AvgIpc) is 2.30. The molecule has 0 bridgehead atoms. The fourth-order valence-electron chi connectivity index (χ4n) is 1.32. The number of rotatable bonds is 4. The lowest BCUT2D eigenvalue weighted by molar-refractivity contribution is -0.388. The molecule has 0 aromatic carbocycles. The van der Waals surface area contributed by atoms with Crippen LogP contribution in [0.15, 0.2) is 6.20 Å². The lowest BCUT2D eigenvalue weighted by Crippen LogP contribution is -2.12. The fraction of sp³-hybridized carbons (Fsp3) is 0.333. The van der Waals surface area contributed by atoms with Gasteiger partial charge in [0.15, 0.2) is 0 Å². The first kappa shape index (κ1) is 13.7. The van der Waals surface area contributed by atoms with Gasteiger partial charge < -0.3 is 20.6 Å². The summed E-state index contributed by atoms with van der Waals surface area (Å²) in [5, 5.41) is 10.6. The van der Waals surface area contributed by atoms with Gasteiger partial charge in [-0.05, 0) is 9.91 Å². The van der Waals surface area contributed by atoms with Gasteiger partial charge in [0.2, 0.25) is 0 Å². The van der Waals surface area contributed by atoms with Gasteiger partial charge in [0, 0.05) is 5.56 Å². The molecule has 0 radical (unpaired) electrons. The number of aromatic nitrogens is 1. The van der Waals surface area contributed by atoms with E-state index in [1.54, 1.807) is 0 Å². The second kappa shape index (κ2) is 5.34. The van der Waals surface area contributed by atoms with Crippen molar-refractivity contribution in [3.05, 3.63) is 27.4 Å². The Hall–Kier alpha value is -2.32. The smallest absolute Gasteiger partial charge is 0.387 e. The van der Waals surface area contributed by atoms with E-state index in [0.29, 0.717) is 6.20 Å². The van der Waals surface area contributed by atoms with E-state index in [1.165, 1.54) is 0 Å². The molecule has 0 saturated heterocycles. The van der Waals surface area contributed by atoms with Crippen LogP contribution in [-0.2, 0) is 16.0 Å². The Kier molecular flexibility index (Phi) is 4.08. The monoisotopic (exact) mass is 261 g/mol. The van der Waals surface area contributed by atoms with E-state index in [4.69, 9.17) is 5.73 Å². The lowest BCUT2D eigenvalue weighted by Gasteiger charge is -2.09. The van der Waals surface area contributed by atoms with Crippen LogP contribution in [0.4, 0.5) is 20.3 Å². The summed E-state index contributed by atoms with van der Waals surface area (Å²) >= 11 is 0. The van der Waals surface area contributed by atoms with Gasteiger partial charge in [-0.15, -0.1) is 0 Å². The van der Waals surface area contributed by atoms with Crippen molar-refractivity contribution in [1.82, 2.24) is 4.98 Å². The summed E-state index contributed by atoms with van der Waals surface area (Å²) in [5.41, 5.74) is 3.87. The number of methoxy groups -OCH3 is 1. The number of ether oxygens (including phenoxy) is 1. The largest absolute Gasteiger partial charge is 0.469 e. The molecule has 1 aromatic rings. The first-order chi connectivity index (χ1) is 8.38. The zero-order valence-corrected chi connectivity index (χ0v) is 9.22. The number of nitrogen functional groups attached to an aromatic ring is 1. The Morgan fingerprint density at radius 3 is 2.72 bits per heavy atom. The van der Waals surface area contributed by atoms with Gasteiger partial charge in [-0.25, -0.2) is 8.78 Å².